The maximum atomic E-state index is 2.65. The number of fused-ring (bicyclic) bond motifs is 1. The fourth-order valence-corrected chi connectivity index (χ4v) is 10.9. The van der Waals surface area contributed by atoms with E-state index in [1.165, 1.54) is 6.42 Å². The van der Waals surface area contributed by atoms with Crippen molar-refractivity contribution < 1.29 is 0 Å². The van der Waals surface area contributed by atoms with E-state index in [1.54, 1.807) is 5.57 Å². The normalized spacial score (nSPS) is 40.1. The maximum absolute atomic E-state index is 2.65. The number of allylic oxidation sites excluding steroid dienone is 2. The van der Waals surface area contributed by atoms with Gasteiger partial charge in [-0.05, 0) is 0 Å². The van der Waals surface area contributed by atoms with Crippen molar-refractivity contribution in [1.29, 1.82) is 0 Å². The van der Waals surface area contributed by atoms with Crippen molar-refractivity contribution in [3.8, 4) is 0 Å². The zero-order valence-electron chi connectivity index (χ0n) is 10.5. The quantitative estimate of drug-likeness (QED) is 0.500. The van der Waals surface area contributed by atoms with Crippen LogP contribution in [0.25, 0.3) is 0 Å². The molecular weight excluding hydrogens is 275 g/mol. The Hall–Kier alpha value is 0.539. The van der Waals surface area contributed by atoms with E-state index in [2.05, 4.69) is 41.7 Å². The van der Waals surface area contributed by atoms with Gasteiger partial charge in [0.2, 0.25) is 0 Å². The standard InChI is InChI=1S/C10H15.3CH3.Sn/c1-7-4-5-8-6-9(7)10(8,2)3;;;;/h4-5,8-9H,6H2,1-3H3;3*1H3;/t8-,9-;;;;/m1..../s1. The fourth-order valence-electron chi connectivity index (χ4n) is 3.71. The molecule has 1 saturated carbocycles. The first-order chi connectivity index (χ1) is 6.24. The predicted molar refractivity (Wildman–Crippen MR) is 66.2 cm³/mol. The minimum absolute atomic E-state index is 0.619. The van der Waals surface area contributed by atoms with Gasteiger partial charge in [0.1, 0.15) is 0 Å². The molecule has 0 saturated heterocycles. The second-order valence-electron chi connectivity index (χ2n) is 7.02. The summed E-state index contributed by atoms with van der Waals surface area (Å²) < 4.78 is 1.00. The summed E-state index contributed by atoms with van der Waals surface area (Å²) in [6.07, 6.45) is 4.15. The second kappa shape index (κ2) is 3.02. The Morgan fingerprint density at radius 1 is 1.29 bits per heavy atom. The van der Waals surface area contributed by atoms with Crippen LogP contribution in [0, 0.1) is 17.3 Å². The molecule has 0 heterocycles. The molecule has 0 aliphatic heterocycles. The van der Waals surface area contributed by atoms with Crippen LogP contribution in [0.4, 0.5) is 0 Å². The van der Waals surface area contributed by atoms with Gasteiger partial charge in [-0.3, -0.25) is 0 Å². The molecular formula is C13H24Sn. The molecule has 3 atom stereocenters. The molecule has 0 aromatic heterocycles. The second-order valence-corrected chi connectivity index (χ2v) is 22.4. The first kappa shape index (κ1) is 11.0. The summed E-state index contributed by atoms with van der Waals surface area (Å²) in [5.74, 6) is 1.93. The van der Waals surface area contributed by atoms with Gasteiger partial charge in [-0.2, -0.15) is 0 Å². The van der Waals surface area contributed by atoms with Crippen molar-refractivity contribution in [2.45, 2.75) is 45.9 Å². The molecule has 2 bridgehead atoms. The molecule has 0 aromatic carbocycles. The van der Waals surface area contributed by atoms with Gasteiger partial charge in [0, 0.05) is 0 Å². The van der Waals surface area contributed by atoms with E-state index >= 15 is 0 Å². The molecule has 3 aliphatic carbocycles. The fraction of sp³-hybridized carbons (Fsp3) is 0.846. The van der Waals surface area contributed by atoms with Gasteiger partial charge in [-0.25, -0.2) is 0 Å². The molecule has 0 nitrogen and oxygen atoms in total. The van der Waals surface area contributed by atoms with E-state index in [0.717, 1.165) is 15.8 Å². The van der Waals surface area contributed by atoms with Crippen LogP contribution < -0.4 is 0 Å². The topological polar surface area (TPSA) is 0 Å². The summed E-state index contributed by atoms with van der Waals surface area (Å²) in [7, 11) is 0. The molecule has 80 valence electrons. The van der Waals surface area contributed by atoms with Crippen LogP contribution >= 0.6 is 0 Å². The molecule has 0 spiro atoms. The Bertz CT molecular complexity index is 280. The predicted octanol–water partition coefficient (Wildman–Crippen LogP) is 4.32. The molecule has 1 fully saturated rings. The van der Waals surface area contributed by atoms with Crippen LogP contribution in [-0.4, -0.2) is 18.4 Å². The monoisotopic (exact) mass is 300 g/mol. The van der Waals surface area contributed by atoms with Crippen LogP contribution in [0.1, 0.15) is 27.2 Å². The molecule has 3 aliphatic rings. The Morgan fingerprint density at radius 2 is 1.86 bits per heavy atom. The van der Waals surface area contributed by atoms with Gasteiger partial charge in [0.05, 0.1) is 0 Å². The summed E-state index contributed by atoms with van der Waals surface area (Å²) in [6.45, 7) is 7.35. The number of hydrogen-bond acceptors (Lipinski definition) is 0. The summed E-state index contributed by atoms with van der Waals surface area (Å²) in [4.78, 5) is 7.79. The first-order valence-electron chi connectivity index (χ1n) is 5.93. The molecule has 3 rings (SSSR count). The molecule has 1 heteroatoms. The van der Waals surface area contributed by atoms with Crippen molar-refractivity contribution in [2.24, 2.45) is 17.3 Å². The van der Waals surface area contributed by atoms with Gasteiger partial charge in [-0.15, -0.1) is 0 Å². The molecule has 0 unspecified atom stereocenters. The van der Waals surface area contributed by atoms with Crippen LogP contribution in [0.15, 0.2) is 11.6 Å². The average Bonchev–Trinajstić information content (AvgIpc) is 2.00. The third kappa shape index (κ3) is 1.40. The van der Waals surface area contributed by atoms with E-state index in [9.17, 15) is 0 Å². The summed E-state index contributed by atoms with van der Waals surface area (Å²) in [6, 6.07) is 0. The van der Waals surface area contributed by atoms with Gasteiger partial charge in [-0.1, -0.05) is 0 Å². The Labute approximate surface area is 93.0 Å². The van der Waals surface area contributed by atoms with Crippen molar-refractivity contribution >= 4 is 18.4 Å². The zero-order valence-corrected chi connectivity index (χ0v) is 13.4. The number of hydrogen-bond donors (Lipinski definition) is 0. The zero-order chi connectivity index (χ0) is 10.7. The van der Waals surface area contributed by atoms with Crippen LogP contribution in [0.3, 0.4) is 0 Å². The van der Waals surface area contributed by atoms with Crippen molar-refractivity contribution in [2.75, 3.05) is 0 Å². The van der Waals surface area contributed by atoms with Crippen molar-refractivity contribution in [3.05, 3.63) is 11.6 Å². The van der Waals surface area contributed by atoms with Crippen molar-refractivity contribution in [1.82, 2.24) is 0 Å². The molecule has 0 N–H and O–H groups in total. The first-order valence-corrected chi connectivity index (χ1v) is 16.1. The molecule has 0 amide bonds. The average molecular weight is 299 g/mol. The molecule has 0 aromatic rings. The van der Waals surface area contributed by atoms with Crippen LogP contribution in [0.2, 0.25) is 18.8 Å². The van der Waals surface area contributed by atoms with E-state index in [0.29, 0.717) is 5.41 Å². The van der Waals surface area contributed by atoms with E-state index in [-0.39, 0.29) is 0 Å². The van der Waals surface area contributed by atoms with E-state index < -0.39 is 18.4 Å². The Balaban J connectivity index is 2.35. The minimum atomic E-state index is -1.72. The Kier molecular flexibility index (Phi) is 2.38. The molecule has 14 heavy (non-hydrogen) atoms. The summed E-state index contributed by atoms with van der Waals surface area (Å²) in [5.41, 5.74) is 2.32. The summed E-state index contributed by atoms with van der Waals surface area (Å²) >= 11 is -1.72. The summed E-state index contributed by atoms with van der Waals surface area (Å²) in [5, 5.41) is 0. The molecule has 0 radical (unpaired) electrons. The van der Waals surface area contributed by atoms with Crippen LogP contribution in [0.5, 0.6) is 0 Å². The van der Waals surface area contributed by atoms with Gasteiger partial charge >= 0.3 is 93.2 Å². The third-order valence-electron chi connectivity index (χ3n) is 4.77. The van der Waals surface area contributed by atoms with Crippen LogP contribution in [-0.2, 0) is 0 Å². The third-order valence-corrected chi connectivity index (χ3v) is 12.1. The van der Waals surface area contributed by atoms with E-state index in [4.69, 9.17) is 0 Å². The van der Waals surface area contributed by atoms with Gasteiger partial charge in [0.15, 0.2) is 0 Å². The van der Waals surface area contributed by atoms with Gasteiger partial charge < -0.3 is 0 Å². The van der Waals surface area contributed by atoms with Crippen molar-refractivity contribution in [3.63, 3.8) is 0 Å². The van der Waals surface area contributed by atoms with E-state index in [1.807, 2.05) is 0 Å². The van der Waals surface area contributed by atoms with Gasteiger partial charge in [0.25, 0.3) is 0 Å². The Morgan fingerprint density at radius 3 is 2.21 bits per heavy atom. The number of rotatable bonds is 1. The SMILES string of the molecule is CC1=C[C@@H]([Sn]([CH3])([CH3])[CH3])[C@@H]2C[C@H]1C2(C)C.